The summed E-state index contributed by atoms with van der Waals surface area (Å²) in [5, 5.41) is 11.2. The van der Waals surface area contributed by atoms with Gasteiger partial charge in [0, 0.05) is 12.2 Å². The predicted molar refractivity (Wildman–Crippen MR) is 106 cm³/mol. The van der Waals surface area contributed by atoms with Crippen molar-refractivity contribution in [3.8, 4) is 5.75 Å². The third-order valence-corrected chi connectivity index (χ3v) is 5.54. The summed E-state index contributed by atoms with van der Waals surface area (Å²) in [7, 11) is 0. The van der Waals surface area contributed by atoms with Crippen molar-refractivity contribution in [1.29, 1.82) is 0 Å². The lowest BCUT2D eigenvalue weighted by Crippen LogP contribution is -2.12. The van der Waals surface area contributed by atoms with Crippen LogP contribution in [-0.2, 0) is 10.5 Å². The monoisotopic (exact) mass is 403 g/mol. The molecule has 0 saturated heterocycles. The van der Waals surface area contributed by atoms with Crippen LogP contribution in [0.25, 0.3) is 0 Å². The van der Waals surface area contributed by atoms with Gasteiger partial charge in [-0.1, -0.05) is 59.5 Å². The lowest BCUT2D eigenvalue weighted by molar-refractivity contribution is -0.116. The predicted octanol–water partition coefficient (Wildman–Crippen LogP) is 4.77. The zero-order chi connectivity index (χ0) is 18.9. The zero-order valence-electron chi connectivity index (χ0n) is 14.4. The molecule has 1 N–H and O–H groups in total. The van der Waals surface area contributed by atoms with E-state index in [1.807, 2.05) is 30.3 Å². The fourth-order valence-electron chi connectivity index (χ4n) is 2.19. The largest absolute Gasteiger partial charge is 0.494 e. The van der Waals surface area contributed by atoms with E-state index in [1.165, 1.54) is 29.2 Å². The number of para-hydroxylation sites is 1. The van der Waals surface area contributed by atoms with E-state index < -0.39 is 0 Å². The lowest BCUT2D eigenvalue weighted by Gasteiger charge is -2.05. The molecular weight excluding hydrogens is 385 g/mol. The molecule has 3 rings (SSSR count). The van der Waals surface area contributed by atoms with Crippen LogP contribution in [0.5, 0.6) is 5.75 Å². The second-order valence-electron chi connectivity index (χ2n) is 5.57. The quantitative estimate of drug-likeness (QED) is 0.317. The topological polar surface area (TPSA) is 64.1 Å². The third kappa shape index (κ3) is 6.33. The van der Waals surface area contributed by atoms with Crippen molar-refractivity contribution in [3.63, 3.8) is 0 Å². The number of rotatable bonds is 9. The molecule has 27 heavy (non-hydrogen) atoms. The standard InChI is InChI=1S/C19H18FN3O2S2/c20-16-10-5-4-7-14(16)13-26-19-23-22-18(27-19)21-17(24)11-6-12-25-15-8-2-1-3-9-15/h1-5,7-10H,6,11-13H2,(H,21,22,24). The van der Waals surface area contributed by atoms with Crippen LogP contribution < -0.4 is 10.1 Å². The molecule has 0 aliphatic heterocycles. The molecule has 0 radical (unpaired) electrons. The minimum Gasteiger partial charge on any atom is -0.494 e. The van der Waals surface area contributed by atoms with E-state index in [2.05, 4.69) is 15.5 Å². The SMILES string of the molecule is O=C(CCCOc1ccccc1)Nc1nnc(SCc2ccccc2F)s1. The van der Waals surface area contributed by atoms with Crippen LogP contribution in [0.4, 0.5) is 9.52 Å². The highest BCUT2D eigenvalue weighted by atomic mass is 32.2. The van der Waals surface area contributed by atoms with Gasteiger partial charge in [-0.25, -0.2) is 4.39 Å². The first-order chi connectivity index (χ1) is 13.2. The van der Waals surface area contributed by atoms with E-state index >= 15 is 0 Å². The highest BCUT2D eigenvalue weighted by Gasteiger charge is 2.10. The Hall–Kier alpha value is -2.45. The molecule has 0 fully saturated rings. The molecular formula is C19H18FN3O2S2. The van der Waals surface area contributed by atoms with Crippen molar-refractivity contribution in [3.05, 3.63) is 66.0 Å². The summed E-state index contributed by atoms with van der Waals surface area (Å²) in [5.41, 5.74) is 0.613. The zero-order valence-corrected chi connectivity index (χ0v) is 16.1. The number of aromatic nitrogens is 2. The Morgan fingerprint density at radius 3 is 2.70 bits per heavy atom. The number of carbonyl (C=O) groups is 1. The van der Waals surface area contributed by atoms with Crippen molar-refractivity contribution in [1.82, 2.24) is 10.2 Å². The maximum Gasteiger partial charge on any atom is 0.226 e. The van der Waals surface area contributed by atoms with E-state index in [9.17, 15) is 9.18 Å². The Morgan fingerprint density at radius 1 is 1.11 bits per heavy atom. The number of amides is 1. The average Bonchev–Trinajstić information content (AvgIpc) is 3.13. The highest BCUT2D eigenvalue weighted by Crippen LogP contribution is 2.29. The molecule has 0 spiro atoms. The summed E-state index contributed by atoms with van der Waals surface area (Å²) in [6, 6.07) is 16.1. The smallest absolute Gasteiger partial charge is 0.226 e. The minimum absolute atomic E-state index is 0.131. The van der Waals surface area contributed by atoms with E-state index in [-0.39, 0.29) is 11.7 Å². The Labute approximate surface area is 165 Å². The number of carbonyl (C=O) groups excluding carboxylic acids is 1. The van der Waals surface area contributed by atoms with Crippen LogP contribution in [0.15, 0.2) is 58.9 Å². The minimum atomic E-state index is -0.235. The molecule has 8 heteroatoms. The van der Waals surface area contributed by atoms with Crippen LogP contribution in [0.2, 0.25) is 0 Å². The number of halogens is 1. The van der Waals surface area contributed by atoms with Gasteiger partial charge in [0.2, 0.25) is 11.0 Å². The number of nitrogens with one attached hydrogen (secondary N) is 1. The van der Waals surface area contributed by atoms with Gasteiger partial charge in [0.15, 0.2) is 4.34 Å². The molecule has 2 aromatic carbocycles. The van der Waals surface area contributed by atoms with E-state index in [4.69, 9.17) is 4.74 Å². The van der Waals surface area contributed by atoms with Crippen LogP contribution in [-0.4, -0.2) is 22.7 Å². The summed E-state index contributed by atoms with van der Waals surface area (Å²) in [4.78, 5) is 12.0. The van der Waals surface area contributed by atoms with Gasteiger partial charge in [-0.15, -0.1) is 10.2 Å². The van der Waals surface area contributed by atoms with Gasteiger partial charge in [-0.2, -0.15) is 0 Å². The van der Waals surface area contributed by atoms with Gasteiger partial charge < -0.3 is 10.1 Å². The van der Waals surface area contributed by atoms with Gasteiger partial charge in [-0.3, -0.25) is 4.79 Å². The summed E-state index contributed by atoms with van der Waals surface area (Å²) >= 11 is 2.67. The maximum atomic E-state index is 13.6. The molecule has 5 nitrogen and oxygen atoms in total. The van der Waals surface area contributed by atoms with Gasteiger partial charge >= 0.3 is 0 Å². The number of hydrogen-bond donors (Lipinski definition) is 1. The first kappa shape index (κ1) is 19.3. The molecule has 3 aromatic rings. The number of thioether (sulfide) groups is 1. The number of benzene rings is 2. The lowest BCUT2D eigenvalue weighted by atomic mass is 10.2. The molecule has 1 aromatic heterocycles. The number of hydrogen-bond acceptors (Lipinski definition) is 6. The van der Waals surface area contributed by atoms with Crippen LogP contribution in [0.3, 0.4) is 0 Å². The van der Waals surface area contributed by atoms with Crippen LogP contribution >= 0.6 is 23.1 Å². The van der Waals surface area contributed by atoms with Crippen LogP contribution in [0.1, 0.15) is 18.4 Å². The first-order valence-electron chi connectivity index (χ1n) is 8.38. The van der Waals surface area contributed by atoms with E-state index in [1.54, 1.807) is 18.2 Å². The Kier molecular flexibility index (Phi) is 7.18. The Balaban J connectivity index is 1.38. The second-order valence-corrected chi connectivity index (χ2v) is 7.77. The molecule has 0 atom stereocenters. The number of ether oxygens (including phenoxy) is 1. The molecule has 0 aliphatic carbocycles. The average molecular weight is 404 g/mol. The molecule has 140 valence electrons. The number of nitrogens with zero attached hydrogens (tertiary/aromatic N) is 2. The summed E-state index contributed by atoms with van der Waals surface area (Å²) in [5.74, 6) is 0.888. The van der Waals surface area contributed by atoms with Crippen LogP contribution in [0, 0.1) is 5.82 Å². The molecule has 1 heterocycles. The van der Waals surface area contributed by atoms with Crippen molar-refractivity contribution in [2.75, 3.05) is 11.9 Å². The summed E-state index contributed by atoms with van der Waals surface area (Å²) in [6.45, 7) is 0.470. The van der Waals surface area contributed by atoms with Crippen molar-refractivity contribution in [2.45, 2.75) is 22.9 Å². The van der Waals surface area contributed by atoms with Gasteiger partial charge in [0.05, 0.1) is 6.61 Å². The fraction of sp³-hybridized carbons (Fsp3) is 0.211. The first-order valence-corrected chi connectivity index (χ1v) is 10.2. The summed E-state index contributed by atoms with van der Waals surface area (Å²) in [6.07, 6.45) is 0.943. The van der Waals surface area contributed by atoms with Gasteiger partial charge in [-0.05, 0) is 30.2 Å². The molecule has 0 unspecified atom stereocenters. The molecule has 0 saturated carbocycles. The maximum absolute atomic E-state index is 13.6. The van der Waals surface area contributed by atoms with Gasteiger partial charge in [0.1, 0.15) is 11.6 Å². The van der Waals surface area contributed by atoms with E-state index in [0.717, 1.165) is 5.75 Å². The normalized spacial score (nSPS) is 10.6. The second kappa shape index (κ2) is 10.0. The van der Waals surface area contributed by atoms with E-state index in [0.29, 0.717) is 40.2 Å². The van der Waals surface area contributed by atoms with Crippen molar-refractivity contribution >= 4 is 34.1 Å². The Morgan fingerprint density at radius 2 is 1.89 bits per heavy atom. The molecule has 0 aliphatic rings. The third-order valence-electron chi connectivity index (χ3n) is 3.52. The number of anilines is 1. The Bertz CT molecular complexity index is 874. The fourth-order valence-corrected chi connectivity index (χ4v) is 3.95. The van der Waals surface area contributed by atoms with Crippen molar-refractivity contribution < 1.29 is 13.9 Å². The molecule has 0 bridgehead atoms. The molecule has 1 amide bonds. The summed E-state index contributed by atoms with van der Waals surface area (Å²) < 4.78 is 19.8. The highest BCUT2D eigenvalue weighted by molar-refractivity contribution is 8.00. The van der Waals surface area contributed by atoms with Gasteiger partial charge in [0.25, 0.3) is 0 Å². The van der Waals surface area contributed by atoms with Crippen molar-refractivity contribution in [2.24, 2.45) is 0 Å².